The number of rotatable bonds is 0. The fourth-order valence-corrected chi connectivity index (χ4v) is 1.89. The smallest absolute Gasteiger partial charge is 0.257 e. The molecule has 4 heteroatoms. The lowest BCUT2D eigenvalue weighted by atomic mass is 10.1. The summed E-state index contributed by atoms with van der Waals surface area (Å²) in [5.41, 5.74) is -0.160. The van der Waals surface area contributed by atoms with Gasteiger partial charge in [0.25, 0.3) is 5.56 Å². The molecule has 2 aromatic heterocycles. The van der Waals surface area contributed by atoms with Gasteiger partial charge in [-0.1, -0.05) is 18.2 Å². The molecule has 2 heterocycles. The number of nitrogens with one attached hydrogen (secondary N) is 1. The lowest BCUT2D eigenvalue weighted by molar-refractivity contribution is 1.26. The molecular weight excluding hydrogens is 216 g/mol. The predicted octanol–water partition coefficient (Wildman–Crippen LogP) is 1.44. The Morgan fingerprint density at radius 3 is 2.41 bits per heavy atom. The maximum absolute atomic E-state index is 12.2. The van der Waals surface area contributed by atoms with Crippen LogP contribution in [0, 0.1) is 0 Å². The summed E-state index contributed by atoms with van der Waals surface area (Å²) in [6.07, 6.45) is 1.54. The van der Waals surface area contributed by atoms with E-state index in [-0.39, 0.29) is 11.0 Å². The van der Waals surface area contributed by atoms with E-state index in [4.69, 9.17) is 0 Å². The van der Waals surface area contributed by atoms with E-state index in [9.17, 15) is 9.59 Å². The van der Waals surface area contributed by atoms with E-state index in [2.05, 4.69) is 9.97 Å². The second-order valence-corrected chi connectivity index (χ2v) is 3.73. The highest BCUT2D eigenvalue weighted by Crippen LogP contribution is 2.07. The summed E-state index contributed by atoms with van der Waals surface area (Å²) in [5, 5.41) is 1.22. The van der Waals surface area contributed by atoms with Crippen LogP contribution in [0.3, 0.4) is 0 Å². The maximum atomic E-state index is 12.2. The third-order valence-electron chi connectivity index (χ3n) is 2.70. The van der Waals surface area contributed by atoms with Gasteiger partial charge in [-0.3, -0.25) is 9.59 Å². The van der Waals surface area contributed by atoms with Crippen molar-refractivity contribution in [3.8, 4) is 0 Å². The number of aromatic amines is 1. The summed E-state index contributed by atoms with van der Waals surface area (Å²) in [6, 6.07) is 10.1. The molecule has 0 amide bonds. The van der Waals surface area contributed by atoms with Gasteiger partial charge in [0.05, 0.1) is 10.8 Å². The zero-order chi connectivity index (χ0) is 11.8. The van der Waals surface area contributed by atoms with E-state index in [1.54, 1.807) is 42.6 Å². The van der Waals surface area contributed by atoms with Crippen LogP contribution in [-0.4, -0.2) is 9.97 Å². The minimum Gasteiger partial charge on any atom is -0.306 e. The van der Waals surface area contributed by atoms with Gasteiger partial charge in [0, 0.05) is 11.6 Å². The third-order valence-corrected chi connectivity index (χ3v) is 2.70. The van der Waals surface area contributed by atoms with Gasteiger partial charge in [0.2, 0.25) is 0 Å². The molecule has 82 valence electrons. The van der Waals surface area contributed by atoms with Gasteiger partial charge in [-0.15, -0.1) is 0 Å². The third kappa shape index (κ3) is 1.42. The van der Waals surface area contributed by atoms with Gasteiger partial charge in [0.1, 0.15) is 5.65 Å². The molecule has 4 nitrogen and oxygen atoms in total. The first-order valence-electron chi connectivity index (χ1n) is 5.17. The zero-order valence-electron chi connectivity index (χ0n) is 8.81. The second-order valence-electron chi connectivity index (χ2n) is 3.73. The predicted molar refractivity (Wildman–Crippen MR) is 66.1 cm³/mol. The summed E-state index contributed by atoms with van der Waals surface area (Å²) in [4.78, 5) is 30.8. The Hall–Kier alpha value is -2.49. The SMILES string of the molecule is O=c1[nH]c2ncccc2c(=O)c2ccccc12. The molecule has 0 fully saturated rings. The van der Waals surface area contributed by atoms with Crippen molar-refractivity contribution >= 4 is 21.8 Å². The molecule has 0 radical (unpaired) electrons. The monoisotopic (exact) mass is 224 g/mol. The van der Waals surface area contributed by atoms with E-state index in [0.29, 0.717) is 21.8 Å². The molecule has 0 aliphatic heterocycles. The Morgan fingerprint density at radius 2 is 1.59 bits per heavy atom. The summed E-state index contributed by atoms with van der Waals surface area (Å²) in [5.74, 6) is 0. The fourth-order valence-electron chi connectivity index (χ4n) is 1.89. The van der Waals surface area contributed by atoms with Gasteiger partial charge in [-0.2, -0.15) is 0 Å². The van der Waals surface area contributed by atoms with Crippen LogP contribution >= 0.6 is 0 Å². The van der Waals surface area contributed by atoms with Gasteiger partial charge in [-0.25, -0.2) is 4.98 Å². The average Bonchev–Trinajstić information content (AvgIpc) is 2.48. The van der Waals surface area contributed by atoms with Gasteiger partial charge >= 0.3 is 0 Å². The van der Waals surface area contributed by atoms with Crippen LogP contribution in [0.25, 0.3) is 21.8 Å². The molecule has 0 saturated heterocycles. The van der Waals surface area contributed by atoms with Crippen molar-refractivity contribution in [2.45, 2.75) is 0 Å². The molecule has 3 aromatic rings. The maximum Gasteiger partial charge on any atom is 0.257 e. The van der Waals surface area contributed by atoms with E-state index >= 15 is 0 Å². The van der Waals surface area contributed by atoms with Crippen molar-refractivity contribution in [1.82, 2.24) is 9.97 Å². The number of benzene rings is 1. The molecule has 3 rings (SSSR count). The number of H-pyrrole nitrogens is 1. The van der Waals surface area contributed by atoms with Crippen LogP contribution in [0.4, 0.5) is 0 Å². The molecule has 0 spiro atoms. The van der Waals surface area contributed by atoms with Crippen molar-refractivity contribution in [2.24, 2.45) is 0 Å². The first-order valence-corrected chi connectivity index (χ1v) is 5.17. The lowest BCUT2D eigenvalue weighted by Crippen LogP contribution is -2.02. The highest BCUT2D eigenvalue weighted by Gasteiger charge is 2.04. The number of pyridine rings is 1. The zero-order valence-corrected chi connectivity index (χ0v) is 8.81. The van der Waals surface area contributed by atoms with Crippen LogP contribution in [0.15, 0.2) is 52.2 Å². The Bertz CT molecular complexity index is 837. The van der Waals surface area contributed by atoms with Crippen LogP contribution < -0.4 is 11.0 Å². The van der Waals surface area contributed by atoms with Gasteiger partial charge in [0.15, 0.2) is 5.43 Å². The second kappa shape index (κ2) is 3.52. The first kappa shape index (κ1) is 9.72. The number of fused-ring (bicyclic) bond motifs is 2. The highest BCUT2D eigenvalue weighted by molar-refractivity contribution is 5.88. The van der Waals surface area contributed by atoms with Crippen LogP contribution in [0.5, 0.6) is 0 Å². The van der Waals surface area contributed by atoms with Crippen molar-refractivity contribution in [3.05, 3.63) is 63.2 Å². The fraction of sp³-hybridized carbons (Fsp3) is 0. The largest absolute Gasteiger partial charge is 0.306 e. The van der Waals surface area contributed by atoms with E-state index in [1.807, 2.05) is 0 Å². The van der Waals surface area contributed by atoms with Gasteiger partial charge < -0.3 is 4.98 Å². The first-order chi connectivity index (χ1) is 8.27. The van der Waals surface area contributed by atoms with Crippen molar-refractivity contribution in [3.63, 3.8) is 0 Å². The summed E-state index contributed by atoms with van der Waals surface area (Å²) in [7, 11) is 0. The van der Waals surface area contributed by atoms with E-state index < -0.39 is 0 Å². The van der Waals surface area contributed by atoms with E-state index in [0.717, 1.165) is 0 Å². The topological polar surface area (TPSA) is 62.8 Å². The quantitative estimate of drug-likeness (QED) is 0.628. The standard InChI is InChI=1S/C13H8N2O2/c16-11-8-4-1-2-5-9(8)13(17)15-12-10(11)6-3-7-14-12/h1-7H,(H,14,15,17). The van der Waals surface area contributed by atoms with Crippen LogP contribution in [-0.2, 0) is 0 Å². The molecule has 0 bridgehead atoms. The molecule has 17 heavy (non-hydrogen) atoms. The molecule has 1 N–H and O–H groups in total. The number of hydrogen-bond donors (Lipinski definition) is 1. The number of hydrogen-bond acceptors (Lipinski definition) is 3. The Kier molecular flexibility index (Phi) is 2.01. The summed E-state index contributed by atoms with van der Waals surface area (Å²) in [6.45, 7) is 0. The average molecular weight is 224 g/mol. The minimum absolute atomic E-state index is 0.179. The summed E-state index contributed by atoms with van der Waals surface area (Å²) < 4.78 is 0. The van der Waals surface area contributed by atoms with Crippen molar-refractivity contribution < 1.29 is 0 Å². The molecule has 0 atom stereocenters. The van der Waals surface area contributed by atoms with E-state index in [1.165, 1.54) is 0 Å². The highest BCUT2D eigenvalue weighted by atomic mass is 16.1. The Morgan fingerprint density at radius 1 is 0.882 bits per heavy atom. The lowest BCUT2D eigenvalue weighted by Gasteiger charge is -1.88. The van der Waals surface area contributed by atoms with Crippen molar-refractivity contribution in [1.29, 1.82) is 0 Å². The van der Waals surface area contributed by atoms with Crippen LogP contribution in [0.2, 0.25) is 0 Å². The molecule has 0 aliphatic carbocycles. The van der Waals surface area contributed by atoms with Gasteiger partial charge in [-0.05, 0) is 18.2 Å². The molecule has 0 saturated carbocycles. The minimum atomic E-state index is -0.300. The Labute approximate surface area is 95.6 Å². The van der Waals surface area contributed by atoms with Crippen molar-refractivity contribution in [2.75, 3.05) is 0 Å². The molecular formula is C13H8N2O2. The Balaban J connectivity index is 2.79. The normalized spacial score (nSPS) is 10.8. The summed E-state index contributed by atoms with van der Waals surface area (Å²) >= 11 is 0. The van der Waals surface area contributed by atoms with Crippen LogP contribution in [0.1, 0.15) is 0 Å². The molecule has 1 aromatic carbocycles. The molecule has 0 aliphatic rings. The molecule has 0 unspecified atom stereocenters. The number of aromatic nitrogens is 2. The number of nitrogens with zero attached hydrogens (tertiary/aromatic N) is 1.